The van der Waals surface area contributed by atoms with Crippen LogP contribution in [0.1, 0.15) is 18.1 Å². The zero-order chi connectivity index (χ0) is 21.0. The number of aromatic hydroxyl groups is 1. The van der Waals surface area contributed by atoms with Gasteiger partial charge in [-0.25, -0.2) is 9.20 Å². The van der Waals surface area contributed by atoms with Crippen molar-refractivity contribution in [3.8, 4) is 5.88 Å². The first-order valence-electron chi connectivity index (χ1n) is 8.93. The molecule has 1 N–H and O–H groups in total. The van der Waals surface area contributed by atoms with E-state index >= 15 is 0 Å². The van der Waals surface area contributed by atoms with E-state index in [1.54, 1.807) is 31.2 Å². The third-order valence-corrected chi connectivity index (χ3v) is 5.33. The van der Waals surface area contributed by atoms with Crippen LogP contribution in [0.15, 0.2) is 38.6 Å². The lowest BCUT2D eigenvalue weighted by molar-refractivity contribution is 0.412. The van der Waals surface area contributed by atoms with E-state index in [-0.39, 0.29) is 41.4 Å². The molecule has 4 aromatic rings. The first-order valence-corrected chi connectivity index (χ1v) is 9.31. The predicted octanol–water partition coefficient (Wildman–Crippen LogP) is 1.02. The van der Waals surface area contributed by atoms with Crippen molar-refractivity contribution in [3.63, 3.8) is 0 Å². The number of imidazole rings is 1. The van der Waals surface area contributed by atoms with Crippen molar-refractivity contribution >= 4 is 28.5 Å². The standard InChI is InChI=1S/C19H18ClN5O4/c1-4-12-15(26)24(9-10-5-7-11(20)8-6-10)18-21-14-13(25(18)16(12)27)17(28)23(3)19(29)22(14)2/h5-8,26H,4,9H2,1-3H3. The molecule has 0 amide bonds. The monoisotopic (exact) mass is 415 g/mol. The smallest absolute Gasteiger partial charge is 0.332 e. The fourth-order valence-electron chi connectivity index (χ4n) is 3.47. The average molecular weight is 416 g/mol. The summed E-state index contributed by atoms with van der Waals surface area (Å²) in [6.07, 6.45) is 0.257. The van der Waals surface area contributed by atoms with Gasteiger partial charge in [-0.15, -0.1) is 0 Å². The van der Waals surface area contributed by atoms with Gasteiger partial charge in [0.15, 0.2) is 11.2 Å². The van der Waals surface area contributed by atoms with Gasteiger partial charge in [-0.05, 0) is 24.1 Å². The van der Waals surface area contributed by atoms with Crippen LogP contribution in [-0.4, -0.2) is 28.2 Å². The van der Waals surface area contributed by atoms with Crippen LogP contribution in [0.2, 0.25) is 5.02 Å². The maximum absolute atomic E-state index is 13.1. The quantitative estimate of drug-likeness (QED) is 0.538. The summed E-state index contributed by atoms with van der Waals surface area (Å²) in [6, 6.07) is 7.02. The molecule has 0 radical (unpaired) electrons. The fourth-order valence-corrected chi connectivity index (χ4v) is 3.60. The summed E-state index contributed by atoms with van der Waals surface area (Å²) in [5, 5.41) is 11.4. The summed E-state index contributed by atoms with van der Waals surface area (Å²) in [7, 11) is 2.82. The molecule has 0 bridgehead atoms. The molecule has 150 valence electrons. The highest BCUT2D eigenvalue weighted by atomic mass is 35.5. The lowest BCUT2D eigenvalue weighted by atomic mass is 10.2. The second-order valence-electron chi connectivity index (χ2n) is 6.80. The van der Waals surface area contributed by atoms with E-state index in [2.05, 4.69) is 4.98 Å². The number of nitrogens with zero attached hydrogens (tertiary/aromatic N) is 5. The molecule has 3 heterocycles. The summed E-state index contributed by atoms with van der Waals surface area (Å²) < 4.78 is 4.76. The van der Waals surface area contributed by atoms with Crippen molar-refractivity contribution in [2.75, 3.05) is 0 Å². The Bertz CT molecular complexity index is 1460. The number of halogens is 1. The molecule has 0 unspecified atom stereocenters. The van der Waals surface area contributed by atoms with E-state index in [0.717, 1.165) is 10.1 Å². The molecule has 10 heteroatoms. The first kappa shape index (κ1) is 19.0. The minimum Gasteiger partial charge on any atom is -0.494 e. The molecule has 0 aliphatic rings. The number of benzene rings is 1. The van der Waals surface area contributed by atoms with Gasteiger partial charge >= 0.3 is 5.69 Å². The van der Waals surface area contributed by atoms with Crippen LogP contribution in [0, 0.1) is 0 Å². The molecule has 0 aliphatic heterocycles. The van der Waals surface area contributed by atoms with Gasteiger partial charge in [0.1, 0.15) is 0 Å². The van der Waals surface area contributed by atoms with E-state index < -0.39 is 16.8 Å². The third kappa shape index (κ3) is 2.69. The fraction of sp³-hybridized carbons (Fsp3) is 0.263. The highest BCUT2D eigenvalue weighted by Crippen LogP contribution is 2.22. The Balaban J connectivity index is 2.19. The second-order valence-corrected chi connectivity index (χ2v) is 7.24. The summed E-state index contributed by atoms with van der Waals surface area (Å²) in [6.45, 7) is 1.93. The topological polar surface area (TPSA) is 104 Å². The van der Waals surface area contributed by atoms with E-state index in [1.165, 1.54) is 27.6 Å². The van der Waals surface area contributed by atoms with Crippen LogP contribution in [0.25, 0.3) is 16.9 Å². The number of hydrogen-bond donors (Lipinski definition) is 1. The molecule has 0 saturated heterocycles. The Labute approximate surface area is 168 Å². The van der Waals surface area contributed by atoms with Gasteiger partial charge in [0.25, 0.3) is 11.1 Å². The minimum atomic E-state index is -0.626. The van der Waals surface area contributed by atoms with Gasteiger partial charge in [-0.1, -0.05) is 30.7 Å². The number of hydrogen-bond acceptors (Lipinski definition) is 5. The normalized spacial score (nSPS) is 11.6. The van der Waals surface area contributed by atoms with Crippen molar-refractivity contribution in [1.82, 2.24) is 23.1 Å². The Morgan fingerprint density at radius 3 is 2.31 bits per heavy atom. The van der Waals surface area contributed by atoms with Crippen LogP contribution in [0.4, 0.5) is 0 Å². The van der Waals surface area contributed by atoms with Gasteiger partial charge in [-0.2, -0.15) is 4.98 Å². The Morgan fingerprint density at radius 2 is 1.69 bits per heavy atom. The lowest BCUT2D eigenvalue weighted by Gasteiger charge is -2.14. The summed E-state index contributed by atoms with van der Waals surface area (Å²) in [5.74, 6) is -0.148. The van der Waals surface area contributed by atoms with Crippen LogP contribution >= 0.6 is 11.6 Å². The van der Waals surface area contributed by atoms with Crippen molar-refractivity contribution in [2.45, 2.75) is 19.9 Å². The second kappa shape index (κ2) is 6.63. The van der Waals surface area contributed by atoms with E-state index in [0.29, 0.717) is 5.02 Å². The molecule has 29 heavy (non-hydrogen) atoms. The summed E-state index contributed by atoms with van der Waals surface area (Å²) in [4.78, 5) is 42.5. The van der Waals surface area contributed by atoms with Gasteiger partial charge in [0.2, 0.25) is 11.7 Å². The van der Waals surface area contributed by atoms with Crippen molar-refractivity contribution in [3.05, 3.63) is 71.6 Å². The van der Waals surface area contributed by atoms with E-state index in [1.807, 2.05) is 0 Å². The lowest BCUT2D eigenvalue weighted by Crippen LogP contribution is -2.38. The maximum atomic E-state index is 13.1. The molecule has 0 saturated carbocycles. The van der Waals surface area contributed by atoms with Crippen molar-refractivity contribution < 1.29 is 5.11 Å². The highest BCUT2D eigenvalue weighted by molar-refractivity contribution is 6.30. The molecule has 3 aromatic heterocycles. The van der Waals surface area contributed by atoms with Crippen LogP contribution < -0.4 is 16.8 Å². The summed E-state index contributed by atoms with van der Waals surface area (Å²) >= 11 is 5.94. The molecule has 1 aromatic carbocycles. The number of aryl methyl sites for hydroxylation is 1. The van der Waals surface area contributed by atoms with E-state index in [4.69, 9.17) is 11.6 Å². The third-order valence-electron chi connectivity index (χ3n) is 5.08. The number of fused-ring (bicyclic) bond motifs is 3. The summed E-state index contributed by atoms with van der Waals surface area (Å²) in [5.41, 5.74) is -0.679. The van der Waals surface area contributed by atoms with Crippen LogP contribution in [-0.2, 0) is 27.1 Å². The maximum Gasteiger partial charge on any atom is 0.332 e. The van der Waals surface area contributed by atoms with E-state index in [9.17, 15) is 19.5 Å². The Kier molecular flexibility index (Phi) is 4.34. The largest absolute Gasteiger partial charge is 0.494 e. The minimum absolute atomic E-state index is 0.00541. The van der Waals surface area contributed by atoms with Crippen LogP contribution in [0.3, 0.4) is 0 Å². The molecule has 0 aliphatic carbocycles. The zero-order valence-corrected chi connectivity index (χ0v) is 16.8. The molecule has 4 rings (SSSR count). The molecular weight excluding hydrogens is 398 g/mol. The Hall–Kier alpha value is -3.33. The number of aromatic nitrogens is 5. The molecule has 0 atom stereocenters. The van der Waals surface area contributed by atoms with Crippen molar-refractivity contribution in [2.24, 2.45) is 14.1 Å². The predicted molar refractivity (Wildman–Crippen MR) is 109 cm³/mol. The Morgan fingerprint density at radius 1 is 1.03 bits per heavy atom. The first-order chi connectivity index (χ1) is 13.8. The molecule has 0 spiro atoms. The van der Waals surface area contributed by atoms with Gasteiger partial charge in [0, 0.05) is 19.1 Å². The van der Waals surface area contributed by atoms with Gasteiger partial charge < -0.3 is 5.11 Å². The SMILES string of the molecule is CCc1c(O)n(Cc2ccc(Cl)cc2)c2nc3c(c(=O)n(C)c(=O)n3C)n2c1=O. The van der Waals surface area contributed by atoms with Crippen molar-refractivity contribution in [1.29, 1.82) is 0 Å². The highest BCUT2D eigenvalue weighted by Gasteiger charge is 2.23. The van der Waals surface area contributed by atoms with Crippen LogP contribution in [0.5, 0.6) is 5.88 Å². The molecular formula is C19H18ClN5O4. The average Bonchev–Trinajstić information content (AvgIpc) is 3.11. The van der Waals surface area contributed by atoms with Gasteiger partial charge in [0.05, 0.1) is 12.1 Å². The number of rotatable bonds is 3. The molecule has 9 nitrogen and oxygen atoms in total. The molecule has 0 fully saturated rings. The van der Waals surface area contributed by atoms with Gasteiger partial charge in [-0.3, -0.25) is 23.3 Å². The zero-order valence-electron chi connectivity index (χ0n) is 16.0.